The standard InChI is InChI=1S/C30H42N2O2/c1-7-15-21(9-3)31(11-5)25-19-20-26(32(12-6)22(10-4)16-8-2)28-27(25)29(33)23-17-13-14-18-24(23)30(28)34/h13-14,17-22H,7-12,15-16H2,1-6H3. The molecule has 184 valence electrons. The topological polar surface area (TPSA) is 40.6 Å². The first-order chi connectivity index (χ1) is 16.5. The van der Waals surface area contributed by atoms with E-state index in [9.17, 15) is 9.59 Å². The van der Waals surface area contributed by atoms with E-state index in [0.717, 1.165) is 63.0 Å². The summed E-state index contributed by atoms with van der Waals surface area (Å²) in [7, 11) is 0. The van der Waals surface area contributed by atoms with Crippen molar-refractivity contribution in [1.29, 1.82) is 0 Å². The number of rotatable bonds is 12. The molecule has 1 aliphatic rings. The molecule has 3 rings (SSSR count). The van der Waals surface area contributed by atoms with Gasteiger partial charge in [-0.25, -0.2) is 0 Å². The van der Waals surface area contributed by atoms with E-state index in [0.29, 0.717) is 34.3 Å². The third kappa shape index (κ3) is 4.64. The Morgan fingerprint density at radius 2 is 1.00 bits per heavy atom. The normalized spacial score (nSPS) is 14.4. The molecule has 1 aliphatic carbocycles. The summed E-state index contributed by atoms with van der Waals surface area (Å²) in [5.41, 5.74) is 4.08. The monoisotopic (exact) mass is 462 g/mol. The number of benzene rings is 2. The summed E-state index contributed by atoms with van der Waals surface area (Å²) in [5.74, 6) is -0.0436. The molecule has 4 nitrogen and oxygen atoms in total. The average molecular weight is 463 g/mol. The predicted octanol–water partition coefficient (Wildman–Crippen LogP) is 7.27. The fourth-order valence-electron chi connectivity index (χ4n) is 5.75. The summed E-state index contributed by atoms with van der Waals surface area (Å²) < 4.78 is 0. The molecule has 0 radical (unpaired) electrons. The van der Waals surface area contributed by atoms with Gasteiger partial charge in [-0.2, -0.15) is 0 Å². The quantitative estimate of drug-likeness (QED) is 0.284. The number of carbonyl (C=O) groups excluding carboxylic acids is 2. The first-order valence-corrected chi connectivity index (χ1v) is 13.4. The molecule has 0 heterocycles. The second-order valence-electron chi connectivity index (χ2n) is 9.33. The van der Waals surface area contributed by atoms with Gasteiger partial charge < -0.3 is 9.80 Å². The molecule has 0 fully saturated rings. The second kappa shape index (κ2) is 11.7. The van der Waals surface area contributed by atoms with E-state index in [2.05, 4.69) is 63.5 Å². The van der Waals surface area contributed by atoms with Crippen LogP contribution < -0.4 is 9.80 Å². The Balaban J connectivity index is 2.30. The van der Waals surface area contributed by atoms with Gasteiger partial charge in [-0.15, -0.1) is 0 Å². The number of ketones is 2. The molecule has 0 N–H and O–H groups in total. The molecule has 0 spiro atoms. The molecule has 4 heteroatoms. The molecular weight excluding hydrogens is 420 g/mol. The van der Waals surface area contributed by atoms with E-state index in [4.69, 9.17) is 0 Å². The first kappa shape index (κ1) is 26.0. The van der Waals surface area contributed by atoms with Gasteiger partial charge >= 0.3 is 0 Å². The molecule has 0 bridgehead atoms. The van der Waals surface area contributed by atoms with Gasteiger partial charge in [-0.3, -0.25) is 9.59 Å². The van der Waals surface area contributed by atoms with E-state index in [1.54, 1.807) is 12.1 Å². The van der Waals surface area contributed by atoms with Crippen molar-refractivity contribution in [3.8, 4) is 0 Å². The molecular formula is C30H42N2O2. The highest BCUT2D eigenvalue weighted by molar-refractivity contribution is 6.32. The van der Waals surface area contributed by atoms with Crippen molar-refractivity contribution >= 4 is 22.9 Å². The summed E-state index contributed by atoms with van der Waals surface area (Å²) >= 11 is 0. The lowest BCUT2D eigenvalue weighted by atomic mass is 9.81. The second-order valence-corrected chi connectivity index (χ2v) is 9.33. The van der Waals surface area contributed by atoms with Crippen LogP contribution in [0.1, 0.15) is 112 Å². The molecule has 2 unspecified atom stereocenters. The maximum absolute atomic E-state index is 14.0. The number of fused-ring (bicyclic) bond motifs is 2. The zero-order chi connectivity index (χ0) is 24.8. The van der Waals surface area contributed by atoms with Gasteiger partial charge in [-0.05, 0) is 51.7 Å². The smallest absolute Gasteiger partial charge is 0.196 e. The molecule has 0 aliphatic heterocycles. The maximum Gasteiger partial charge on any atom is 0.196 e. The van der Waals surface area contributed by atoms with Gasteiger partial charge in [0.05, 0.1) is 11.1 Å². The fraction of sp³-hybridized carbons (Fsp3) is 0.533. The van der Waals surface area contributed by atoms with Crippen LogP contribution in [0.2, 0.25) is 0 Å². The van der Waals surface area contributed by atoms with E-state index in [-0.39, 0.29) is 11.6 Å². The Bertz CT molecular complexity index is 933. The minimum Gasteiger partial charge on any atom is -0.368 e. The minimum absolute atomic E-state index is 0.0218. The third-order valence-corrected chi connectivity index (χ3v) is 7.40. The summed E-state index contributed by atoms with van der Waals surface area (Å²) in [6.07, 6.45) is 6.32. The Kier molecular flexibility index (Phi) is 8.93. The van der Waals surface area contributed by atoms with Crippen molar-refractivity contribution in [2.45, 2.75) is 92.2 Å². The first-order valence-electron chi connectivity index (χ1n) is 13.4. The predicted molar refractivity (Wildman–Crippen MR) is 144 cm³/mol. The van der Waals surface area contributed by atoms with Gasteiger partial charge in [0.2, 0.25) is 0 Å². The zero-order valence-corrected chi connectivity index (χ0v) is 22.0. The van der Waals surface area contributed by atoms with Crippen LogP contribution in [-0.2, 0) is 0 Å². The summed E-state index contributed by atoms with van der Waals surface area (Å²) in [4.78, 5) is 32.7. The maximum atomic E-state index is 14.0. The van der Waals surface area contributed by atoms with Crippen LogP contribution in [0, 0.1) is 0 Å². The van der Waals surface area contributed by atoms with Gasteiger partial charge in [0.1, 0.15) is 0 Å². The lowest BCUT2D eigenvalue weighted by molar-refractivity contribution is 0.0979. The van der Waals surface area contributed by atoms with Crippen molar-refractivity contribution in [1.82, 2.24) is 0 Å². The number of carbonyl (C=O) groups is 2. The summed E-state index contributed by atoms with van der Waals surface area (Å²) in [6, 6.07) is 12.2. The van der Waals surface area contributed by atoms with Gasteiger partial charge in [0.15, 0.2) is 11.6 Å². The Morgan fingerprint density at radius 1 is 0.618 bits per heavy atom. The molecule has 0 amide bonds. The van der Waals surface area contributed by atoms with Crippen LogP contribution in [0.3, 0.4) is 0 Å². The molecule has 2 aromatic carbocycles. The highest BCUT2D eigenvalue weighted by Gasteiger charge is 2.37. The number of nitrogens with zero attached hydrogens (tertiary/aromatic N) is 2. The van der Waals surface area contributed by atoms with E-state index >= 15 is 0 Å². The van der Waals surface area contributed by atoms with Gasteiger partial charge in [0, 0.05) is 47.7 Å². The lowest BCUT2D eigenvalue weighted by Crippen LogP contribution is -2.39. The Morgan fingerprint density at radius 3 is 1.29 bits per heavy atom. The van der Waals surface area contributed by atoms with Crippen molar-refractivity contribution in [2.24, 2.45) is 0 Å². The molecule has 2 aromatic rings. The number of hydrogen-bond donors (Lipinski definition) is 0. The van der Waals surface area contributed by atoms with Crippen LogP contribution in [0.4, 0.5) is 11.4 Å². The van der Waals surface area contributed by atoms with Crippen LogP contribution in [0.25, 0.3) is 0 Å². The summed E-state index contributed by atoms with van der Waals surface area (Å²) in [5, 5.41) is 0. The van der Waals surface area contributed by atoms with Crippen LogP contribution in [0.5, 0.6) is 0 Å². The van der Waals surface area contributed by atoms with Crippen LogP contribution in [0.15, 0.2) is 36.4 Å². The number of hydrogen-bond acceptors (Lipinski definition) is 4. The van der Waals surface area contributed by atoms with Crippen molar-refractivity contribution in [3.63, 3.8) is 0 Å². The van der Waals surface area contributed by atoms with Gasteiger partial charge in [-0.1, -0.05) is 64.8 Å². The third-order valence-electron chi connectivity index (χ3n) is 7.40. The average Bonchev–Trinajstić information content (AvgIpc) is 2.87. The Labute approximate surface area is 206 Å². The van der Waals surface area contributed by atoms with Crippen LogP contribution >= 0.6 is 0 Å². The Hall–Kier alpha value is -2.62. The summed E-state index contributed by atoms with van der Waals surface area (Å²) in [6.45, 7) is 14.7. The van der Waals surface area contributed by atoms with Crippen molar-refractivity contribution in [3.05, 3.63) is 58.7 Å². The van der Waals surface area contributed by atoms with E-state index < -0.39 is 0 Å². The SMILES string of the molecule is CCCC(CC)N(CC)c1ccc(N(CC)C(CC)CCC)c2c1C(=O)c1ccccc1C2=O. The fourth-order valence-corrected chi connectivity index (χ4v) is 5.75. The molecule has 0 saturated heterocycles. The number of anilines is 2. The van der Waals surface area contributed by atoms with Crippen LogP contribution in [-0.4, -0.2) is 36.7 Å². The molecule has 2 atom stereocenters. The molecule has 34 heavy (non-hydrogen) atoms. The highest BCUT2D eigenvalue weighted by atomic mass is 16.1. The van der Waals surface area contributed by atoms with E-state index in [1.165, 1.54) is 0 Å². The minimum atomic E-state index is -0.0218. The van der Waals surface area contributed by atoms with E-state index in [1.807, 2.05) is 12.1 Å². The molecule has 0 aromatic heterocycles. The molecule has 0 saturated carbocycles. The van der Waals surface area contributed by atoms with Crippen molar-refractivity contribution < 1.29 is 9.59 Å². The zero-order valence-electron chi connectivity index (χ0n) is 22.0. The largest absolute Gasteiger partial charge is 0.368 e. The lowest BCUT2D eigenvalue weighted by Gasteiger charge is -2.38. The van der Waals surface area contributed by atoms with Crippen molar-refractivity contribution in [2.75, 3.05) is 22.9 Å². The highest BCUT2D eigenvalue weighted by Crippen LogP contribution is 2.41. The van der Waals surface area contributed by atoms with Gasteiger partial charge in [0.25, 0.3) is 0 Å².